The number of rotatable bonds is 9. The Morgan fingerprint density at radius 2 is 0.771 bits per heavy atom. The quantitative estimate of drug-likeness (QED) is 0.143. The molecule has 0 spiro atoms. The van der Waals surface area contributed by atoms with E-state index in [1.165, 1.54) is 110 Å². The minimum Gasteiger partial charge on any atom is -0.455 e. The fourth-order valence-electron chi connectivity index (χ4n) is 20.9. The predicted molar refractivity (Wildman–Crippen MR) is 483 cm³/mol. The van der Waals surface area contributed by atoms with Crippen LogP contribution >= 0.6 is 0 Å². The van der Waals surface area contributed by atoms with Gasteiger partial charge in [0.1, 0.15) is 22.5 Å². The molecule has 9 heteroatoms. The normalized spacial score (nSPS) is 14.1. The molecule has 7 heterocycles. The second-order valence-corrected chi connectivity index (χ2v) is 34.0. The van der Waals surface area contributed by atoms with E-state index in [2.05, 4.69) is 359 Å². The highest BCUT2D eigenvalue weighted by atomic mass is 16.4. The molecule has 0 fully saturated rings. The zero-order valence-electron chi connectivity index (χ0n) is 65.7. The predicted octanol–water partition coefficient (Wildman–Crippen LogP) is 28.1. The van der Waals surface area contributed by atoms with Gasteiger partial charge in [0.25, 0.3) is 0 Å². The van der Waals surface area contributed by atoms with Gasteiger partial charge in [-0.2, -0.15) is 4.98 Å². The SMILES string of the molecule is CC1(C)c2ccccc2-c2c1ccc1c2c2ccccc2n1-c1ccc(-c2nc(-c3ccccc3)cc(-c3cccc(-c4ccc5c(c4)C(C)(C)c4ccc6c(c4-5)c4ccccc4n6-c4ccc(-c5cccc6c5oc5ccc(-c7ccc8c(c7)-c7c(ccc9c7c7ccccc7n9-c7nc9ccccc9o7)C8(C)C)cc56)cn4)c3)n2)cc1. The van der Waals surface area contributed by atoms with Gasteiger partial charge in [-0.1, -0.05) is 248 Å². The van der Waals surface area contributed by atoms with Crippen molar-refractivity contribution in [2.75, 3.05) is 0 Å². The summed E-state index contributed by atoms with van der Waals surface area (Å²) in [6.07, 6.45) is 2.01. The Bertz CT molecular complexity index is 8110. The Hall–Kier alpha value is -14.8. The van der Waals surface area contributed by atoms with Gasteiger partial charge in [-0.15, -0.1) is 0 Å². The lowest BCUT2D eigenvalue weighted by Gasteiger charge is -2.22. The van der Waals surface area contributed by atoms with Crippen LogP contribution in [0.4, 0.5) is 0 Å². The zero-order valence-corrected chi connectivity index (χ0v) is 65.7. The van der Waals surface area contributed by atoms with Crippen molar-refractivity contribution >= 4 is 98.5 Å². The summed E-state index contributed by atoms with van der Waals surface area (Å²) >= 11 is 0. The lowest BCUT2D eigenvalue weighted by molar-refractivity contribution is 0.574. The number of pyridine rings is 1. The van der Waals surface area contributed by atoms with Crippen LogP contribution in [0.25, 0.3) is 217 Å². The maximum atomic E-state index is 6.91. The van der Waals surface area contributed by atoms with E-state index in [1.54, 1.807) is 0 Å². The Morgan fingerprint density at radius 1 is 0.271 bits per heavy atom. The number of oxazole rings is 1. The van der Waals surface area contributed by atoms with E-state index in [0.717, 1.165) is 128 Å². The second-order valence-electron chi connectivity index (χ2n) is 34.0. The van der Waals surface area contributed by atoms with E-state index in [4.69, 9.17) is 28.8 Å². The van der Waals surface area contributed by atoms with Crippen LogP contribution < -0.4 is 0 Å². The first-order valence-corrected chi connectivity index (χ1v) is 40.8. The molecule has 3 aliphatic rings. The van der Waals surface area contributed by atoms with Crippen molar-refractivity contribution in [1.82, 2.24) is 33.6 Å². The summed E-state index contributed by atoms with van der Waals surface area (Å²) in [5.41, 5.74) is 37.4. The topological polar surface area (TPSA) is 92.6 Å². The Labute approximate surface area is 679 Å². The molecule has 118 heavy (non-hydrogen) atoms. The molecular weight excluding hydrogens is 1440 g/mol. The fraction of sp³-hybridized carbons (Fsp3) is 0.0826. The van der Waals surface area contributed by atoms with E-state index in [0.29, 0.717) is 11.8 Å². The van der Waals surface area contributed by atoms with Crippen LogP contribution in [0.5, 0.6) is 0 Å². The van der Waals surface area contributed by atoms with Gasteiger partial charge in [-0.05, 0) is 210 Å². The van der Waals surface area contributed by atoms with Gasteiger partial charge < -0.3 is 13.4 Å². The zero-order chi connectivity index (χ0) is 78.3. The standard InChI is InChI=1S/C109H73N7O2/c1-107(2)80-32-14-10-26-73(80)98-82(107)48-51-92-101(98)75-27-11-16-34-89(75)114(92)70-44-38-63(39-45-70)105-111-87(62-22-8-7-9-23-62)60-88(112-105)68-25-20-24-64(56-68)67-40-46-74-85(59-67)109(5,6)83-49-52-93-102(99(74)83)76-28-12-17-35-90(76)115(93)97-55-43-69(61-110-97)71-30-21-31-72-78-57-66(42-54-95(78)117-104(71)72)65-41-47-81-79(58-65)100-84(108(81,3)4)50-53-94-103(100)77-29-13-18-36-91(77)116(94)106-113-86-33-15-19-37-96(86)118-106/h7-61H,1-6H3. The van der Waals surface area contributed by atoms with Gasteiger partial charge >= 0.3 is 6.01 Å². The van der Waals surface area contributed by atoms with Crippen LogP contribution in [0.15, 0.2) is 343 Å². The summed E-state index contributed by atoms with van der Waals surface area (Å²) in [4.78, 5) is 21.1. The smallest absolute Gasteiger partial charge is 0.307 e. The monoisotopic (exact) mass is 1510 g/mol. The number of nitrogens with zero attached hydrogens (tertiary/aromatic N) is 7. The summed E-state index contributed by atoms with van der Waals surface area (Å²) in [5.74, 6) is 1.52. The number of benzene rings is 15. The van der Waals surface area contributed by atoms with Gasteiger partial charge in [0.15, 0.2) is 11.4 Å². The number of hydrogen-bond acceptors (Lipinski definition) is 6. The average molecular weight is 1510 g/mol. The van der Waals surface area contributed by atoms with E-state index >= 15 is 0 Å². The van der Waals surface area contributed by atoms with E-state index in [1.807, 2.05) is 30.5 Å². The Balaban J connectivity index is 0.532. The molecule has 0 N–H and O–H groups in total. The third kappa shape index (κ3) is 9.32. The molecule has 15 aromatic carbocycles. The molecule has 0 amide bonds. The van der Waals surface area contributed by atoms with Crippen LogP contribution in [-0.2, 0) is 16.2 Å². The summed E-state index contributed by atoms with van der Waals surface area (Å²) in [6.45, 7) is 14.2. The van der Waals surface area contributed by atoms with Crippen molar-refractivity contribution in [2.24, 2.45) is 0 Å². The highest BCUT2D eigenvalue weighted by Gasteiger charge is 2.42. The van der Waals surface area contributed by atoms with Crippen LogP contribution in [0.2, 0.25) is 0 Å². The number of para-hydroxylation sites is 6. The average Bonchev–Trinajstić information content (AvgIpc) is 1.55. The van der Waals surface area contributed by atoms with Gasteiger partial charge in [0.05, 0.1) is 44.5 Å². The van der Waals surface area contributed by atoms with Crippen molar-refractivity contribution in [3.63, 3.8) is 0 Å². The third-order valence-corrected chi connectivity index (χ3v) is 26.6. The molecule has 556 valence electrons. The summed E-state index contributed by atoms with van der Waals surface area (Å²) in [5, 5.41) is 9.47. The van der Waals surface area contributed by atoms with Gasteiger partial charge in [0.2, 0.25) is 0 Å². The number of fused-ring (bicyclic) bond motifs is 25. The molecule has 9 nitrogen and oxygen atoms in total. The van der Waals surface area contributed by atoms with Gasteiger partial charge in [-0.3, -0.25) is 9.13 Å². The summed E-state index contributed by atoms with van der Waals surface area (Å²) in [6, 6.07) is 120. The van der Waals surface area contributed by atoms with Crippen molar-refractivity contribution in [1.29, 1.82) is 0 Å². The molecule has 0 aliphatic heterocycles. The maximum absolute atomic E-state index is 6.91. The molecule has 0 radical (unpaired) electrons. The number of aromatic nitrogens is 7. The van der Waals surface area contributed by atoms with Crippen molar-refractivity contribution < 1.29 is 8.83 Å². The molecule has 0 saturated carbocycles. The first-order valence-electron chi connectivity index (χ1n) is 40.8. The first kappa shape index (κ1) is 66.6. The highest BCUT2D eigenvalue weighted by molar-refractivity contribution is 6.21. The highest BCUT2D eigenvalue weighted by Crippen LogP contribution is 2.58. The Morgan fingerprint density at radius 3 is 1.48 bits per heavy atom. The van der Waals surface area contributed by atoms with Crippen molar-refractivity contribution in [3.8, 4) is 118 Å². The van der Waals surface area contributed by atoms with E-state index in [9.17, 15) is 0 Å². The van der Waals surface area contributed by atoms with Gasteiger partial charge in [0, 0.05) is 99.0 Å². The number of furan rings is 1. The molecule has 0 atom stereocenters. The largest absolute Gasteiger partial charge is 0.455 e. The molecular formula is C109H73N7O2. The molecule has 7 aromatic heterocycles. The summed E-state index contributed by atoms with van der Waals surface area (Å²) in [7, 11) is 0. The van der Waals surface area contributed by atoms with Crippen LogP contribution in [0, 0.1) is 0 Å². The molecule has 0 saturated heterocycles. The molecule has 22 aromatic rings. The van der Waals surface area contributed by atoms with E-state index < -0.39 is 0 Å². The van der Waals surface area contributed by atoms with Gasteiger partial charge in [-0.25, -0.2) is 15.0 Å². The lowest BCUT2D eigenvalue weighted by Crippen LogP contribution is -2.15. The molecule has 0 unspecified atom stereocenters. The fourth-order valence-corrected chi connectivity index (χ4v) is 20.9. The minimum atomic E-state index is -0.303. The molecule has 25 rings (SSSR count). The second kappa shape index (κ2) is 24.1. The molecule has 3 aliphatic carbocycles. The lowest BCUT2D eigenvalue weighted by atomic mass is 9.81. The first-order chi connectivity index (χ1) is 57.8. The maximum Gasteiger partial charge on any atom is 0.307 e. The molecule has 0 bridgehead atoms. The van der Waals surface area contributed by atoms with Crippen molar-refractivity contribution in [2.45, 2.75) is 57.8 Å². The minimum absolute atomic E-state index is 0.0991. The number of hydrogen-bond donors (Lipinski definition) is 0. The van der Waals surface area contributed by atoms with E-state index in [-0.39, 0.29) is 16.2 Å². The Kier molecular flexibility index (Phi) is 13.6. The third-order valence-electron chi connectivity index (χ3n) is 26.6. The van der Waals surface area contributed by atoms with Crippen LogP contribution in [0.3, 0.4) is 0 Å². The summed E-state index contributed by atoms with van der Waals surface area (Å²) < 4.78 is 20.4. The van der Waals surface area contributed by atoms with Crippen LogP contribution in [-0.4, -0.2) is 33.6 Å². The van der Waals surface area contributed by atoms with Crippen molar-refractivity contribution in [3.05, 3.63) is 367 Å². The van der Waals surface area contributed by atoms with Crippen LogP contribution in [0.1, 0.15) is 74.9 Å².